The van der Waals surface area contributed by atoms with Crippen molar-refractivity contribution in [3.8, 4) is 0 Å². The molecule has 3 rings (SSSR count). The first-order valence-electron chi connectivity index (χ1n) is 9.42. The van der Waals surface area contributed by atoms with E-state index in [0.717, 1.165) is 11.6 Å². The van der Waals surface area contributed by atoms with Gasteiger partial charge in [0.1, 0.15) is 0 Å². The molecule has 0 aromatic heterocycles. The van der Waals surface area contributed by atoms with Gasteiger partial charge in [-0.25, -0.2) is 0 Å². The highest BCUT2D eigenvalue weighted by molar-refractivity contribution is 6.30. The summed E-state index contributed by atoms with van der Waals surface area (Å²) in [5.74, 6) is -0.0834. The van der Waals surface area contributed by atoms with Crippen molar-refractivity contribution in [2.24, 2.45) is 0 Å². The van der Waals surface area contributed by atoms with Crippen LogP contribution in [0.25, 0.3) is 0 Å². The van der Waals surface area contributed by atoms with Gasteiger partial charge in [0.15, 0.2) is 0 Å². The number of benzene rings is 2. The third-order valence-corrected chi connectivity index (χ3v) is 5.28. The molecule has 4 nitrogen and oxygen atoms in total. The van der Waals surface area contributed by atoms with Crippen LogP contribution in [0.2, 0.25) is 5.02 Å². The Balaban J connectivity index is 1.49. The highest BCUT2D eigenvalue weighted by Crippen LogP contribution is 2.31. The van der Waals surface area contributed by atoms with Crippen LogP contribution in [0.3, 0.4) is 0 Å². The molecule has 2 aromatic carbocycles. The van der Waals surface area contributed by atoms with Crippen LogP contribution in [0.5, 0.6) is 0 Å². The molecule has 156 valence electrons. The largest absolute Gasteiger partial charge is 0.416 e. The quantitative estimate of drug-likeness (QED) is 0.773. The number of alkyl halides is 3. The molecular weight excluding hydrogens is 403 g/mol. The maximum Gasteiger partial charge on any atom is 0.416 e. The van der Waals surface area contributed by atoms with Crippen LogP contribution in [0.4, 0.5) is 18.9 Å². The number of nitrogens with one attached hydrogen (secondary N) is 1. The molecule has 1 heterocycles. The van der Waals surface area contributed by atoms with E-state index in [1.165, 1.54) is 12.1 Å². The third-order valence-electron chi connectivity index (χ3n) is 5.03. The van der Waals surface area contributed by atoms with Crippen molar-refractivity contribution < 1.29 is 18.0 Å². The number of carbonyl (C=O) groups is 1. The Hall–Kier alpha value is -2.25. The third kappa shape index (κ3) is 5.87. The van der Waals surface area contributed by atoms with Crippen molar-refractivity contribution in [3.63, 3.8) is 0 Å². The maximum atomic E-state index is 12.9. The van der Waals surface area contributed by atoms with Crippen molar-refractivity contribution >= 4 is 23.2 Å². The highest BCUT2D eigenvalue weighted by atomic mass is 35.5. The number of piperazine rings is 1. The normalized spacial score (nSPS) is 16.5. The molecule has 0 saturated carbocycles. The van der Waals surface area contributed by atoms with Gasteiger partial charge < -0.3 is 10.2 Å². The molecule has 0 radical (unpaired) electrons. The van der Waals surface area contributed by atoms with Crippen molar-refractivity contribution in [1.82, 2.24) is 10.2 Å². The van der Waals surface area contributed by atoms with E-state index in [1.54, 1.807) is 18.2 Å². The molecule has 0 unspecified atom stereocenters. The van der Waals surface area contributed by atoms with Crippen LogP contribution in [0.15, 0.2) is 48.5 Å². The van der Waals surface area contributed by atoms with Gasteiger partial charge in [0.05, 0.1) is 18.2 Å². The summed E-state index contributed by atoms with van der Waals surface area (Å²) in [6.07, 6.45) is -4.35. The second kappa shape index (κ2) is 9.05. The van der Waals surface area contributed by atoms with Gasteiger partial charge in [-0.05, 0) is 42.8 Å². The first-order chi connectivity index (χ1) is 13.7. The molecule has 1 amide bonds. The summed E-state index contributed by atoms with van der Waals surface area (Å²) in [4.78, 5) is 16.3. The minimum atomic E-state index is -4.35. The molecule has 0 aliphatic carbocycles. The second-order valence-corrected chi connectivity index (χ2v) is 7.59. The SMILES string of the molecule is C[C@H](NC(=O)CN1CCN(c2cccc(C(F)(F)F)c2)CC1)c1ccc(Cl)cc1. The molecule has 1 N–H and O–H groups in total. The van der Waals surface area contributed by atoms with Crippen LogP contribution in [0.1, 0.15) is 24.1 Å². The van der Waals surface area contributed by atoms with Crippen LogP contribution in [-0.4, -0.2) is 43.5 Å². The Morgan fingerprint density at radius 2 is 1.76 bits per heavy atom. The fourth-order valence-corrected chi connectivity index (χ4v) is 3.49. The first-order valence-corrected chi connectivity index (χ1v) is 9.79. The topological polar surface area (TPSA) is 35.6 Å². The molecular formula is C21H23ClF3N3O. The zero-order valence-electron chi connectivity index (χ0n) is 16.0. The summed E-state index contributed by atoms with van der Waals surface area (Å²) in [6, 6.07) is 12.6. The van der Waals surface area contributed by atoms with E-state index in [0.29, 0.717) is 36.9 Å². The van der Waals surface area contributed by atoms with Crippen molar-refractivity contribution in [3.05, 3.63) is 64.7 Å². The number of hydrogen-bond donors (Lipinski definition) is 1. The standard InChI is InChI=1S/C21H23ClF3N3O/c1-15(16-5-7-18(22)8-6-16)26-20(29)14-27-9-11-28(12-10-27)19-4-2-3-17(13-19)21(23,24)25/h2-8,13,15H,9-12,14H2,1H3,(H,26,29)/t15-/m0/s1. The van der Waals surface area contributed by atoms with Gasteiger partial charge in [-0.1, -0.05) is 29.8 Å². The predicted octanol–water partition coefficient (Wildman–Crippen LogP) is 4.36. The maximum absolute atomic E-state index is 12.9. The van der Waals surface area contributed by atoms with Crippen molar-refractivity contribution in [1.29, 1.82) is 0 Å². The van der Waals surface area contributed by atoms with Gasteiger partial charge in [-0.2, -0.15) is 13.2 Å². The molecule has 0 spiro atoms. The number of nitrogens with zero attached hydrogens (tertiary/aromatic N) is 2. The summed E-state index contributed by atoms with van der Waals surface area (Å²) in [7, 11) is 0. The fourth-order valence-electron chi connectivity index (χ4n) is 3.37. The van der Waals surface area contributed by atoms with E-state index < -0.39 is 11.7 Å². The predicted molar refractivity (Wildman–Crippen MR) is 108 cm³/mol. The number of carbonyl (C=O) groups excluding carboxylic acids is 1. The molecule has 2 aromatic rings. The van der Waals surface area contributed by atoms with E-state index in [-0.39, 0.29) is 18.5 Å². The number of rotatable bonds is 5. The van der Waals surface area contributed by atoms with E-state index >= 15 is 0 Å². The van der Waals surface area contributed by atoms with Crippen molar-refractivity contribution in [2.45, 2.75) is 19.1 Å². The molecule has 29 heavy (non-hydrogen) atoms. The Labute approximate surface area is 173 Å². The smallest absolute Gasteiger partial charge is 0.369 e. The molecule has 0 bridgehead atoms. The van der Waals surface area contributed by atoms with Crippen LogP contribution in [0, 0.1) is 0 Å². The van der Waals surface area contributed by atoms with Crippen LogP contribution >= 0.6 is 11.6 Å². The zero-order valence-corrected chi connectivity index (χ0v) is 16.8. The number of halogens is 4. The summed E-state index contributed by atoms with van der Waals surface area (Å²) in [5.41, 5.74) is 0.880. The van der Waals surface area contributed by atoms with E-state index in [9.17, 15) is 18.0 Å². The van der Waals surface area contributed by atoms with Gasteiger partial charge in [0.25, 0.3) is 0 Å². The van der Waals surface area contributed by atoms with E-state index in [4.69, 9.17) is 11.6 Å². The van der Waals surface area contributed by atoms with Gasteiger partial charge in [0.2, 0.25) is 5.91 Å². The van der Waals surface area contributed by atoms with Gasteiger partial charge in [0, 0.05) is 36.9 Å². The van der Waals surface area contributed by atoms with Crippen molar-refractivity contribution in [2.75, 3.05) is 37.6 Å². The Morgan fingerprint density at radius 1 is 1.10 bits per heavy atom. The summed E-state index contributed by atoms with van der Waals surface area (Å²) >= 11 is 5.88. The van der Waals surface area contributed by atoms with E-state index in [2.05, 4.69) is 5.32 Å². The summed E-state index contributed by atoms with van der Waals surface area (Å²) < 4.78 is 38.7. The Kier molecular flexibility index (Phi) is 6.70. The minimum absolute atomic E-state index is 0.0834. The number of hydrogen-bond acceptors (Lipinski definition) is 3. The lowest BCUT2D eigenvalue weighted by Gasteiger charge is -2.36. The molecule has 1 aliphatic rings. The minimum Gasteiger partial charge on any atom is -0.369 e. The Bertz CT molecular complexity index is 834. The monoisotopic (exact) mass is 425 g/mol. The highest BCUT2D eigenvalue weighted by Gasteiger charge is 2.31. The lowest BCUT2D eigenvalue weighted by molar-refractivity contribution is -0.137. The molecule has 1 fully saturated rings. The van der Waals surface area contributed by atoms with E-state index in [1.807, 2.05) is 28.9 Å². The lowest BCUT2D eigenvalue weighted by Crippen LogP contribution is -2.49. The summed E-state index contributed by atoms with van der Waals surface area (Å²) in [5, 5.41) is 3.61. The average molecular weight is 426 g/mol. The van der Waals surface area contributed by atoms with Crippen LogP contribution < -0.4 is 10.2 Å². The zero-order chi connectivity index (χ0) is 21.0. The van der Waals surface area contributed by atoms with Gasteiger partial charge in [-0.3, -0.25) is 9.69 Å². The van der Waals surface area contributed by atoms with Crippen LogP contribution in [-0.2, 0) is 11.0 Å². The molecule has 8 heteroatoms. The molecule has 1 saturated heterocycles. The first kappa shape index (κ1) is 21.5. The lowest BCUT2D eigenvalue weighted by atomic mass is 10.1. The number of anilines is 1. The Morgan fingerprint density at radius 3 is 2.38 bits per heavy atom. The van der Waals surface area contributed by atoms with Gasteiger partial charge in [-0.15, -0.1) is 0 Å². The van der Waals surface area contributed by atoms with Gasteiger partial charge >= 0.3 is 6.18 Å². The average Bonchev–Trinajstić information content (AvgIpc) is 2.68. The number of amides is 1. The molecule has 1 aliphatic heterocycles. The second-order valence-electron chi connectivity index (χ2n) is 7.15. The fraction of sp³-hybridized carbons (Fsp3) is 0.381. The summed E-state index contributed by atoms with van der Waals surface area (Å²) in [6.45, 7) is 4.53. The molecule has 1 atom stereocenters.